The van der Waals surface area contributed by atoms with Gasteiger partial charge in [0.05, 0.1) is 5.69 Å². The molecule has 2 saturated heterocycles. The van der Waals surface area contributed by atoms with Gasteiger partial charge in [-0.25, -0.2) is 4.98 Å². The minimum atomic E-state index is 0.195. The number of imidazole rings is 1. The highest BCUT2D eigenvalue weighted by Gasteiger charge is 2.52. The first-order chi connectivity index (χ1) is 14.1. The summed E-state index contributed by atoms with van der Waals surface area (Å²) in [6.45, 7) is 6.47. The van der Waals surface area contributed by atoms with Gasteiger partial charge in [0, 0.05) is 57.5 Å². The number of benzene rings is 1. The first-order valence-electron chi connectivity index (χ1n) is 10.6. The minimum absolute atomic E-state index is 0.195. The maximum Gasteiger partial charge on any atom is 0.219 e. The summed E-state index contributed by atoms with van der Waals surface area (Å²) in [7, 11) is 0. The lowest BCUT2D eigenvalue weighted by Crippen LogP contribution is -2.36. The van der Waals surface area contributed by atoms with Gasteiger partial charge in [-0.2, -0.15) is 0 Å². The monoisotopic (exact) mass is 388 g/mol. The van der Waals surface area contributed by atoms with Gasteiger partial charge in [-0.15, -0.1) is 0 Å². The van der Waals surface area contributed by atoms with Crippen molar-refractivity contribution in [2.45, 2.75) is 26.3 Å². The Kier molecular flexibility index (Phi) is 4.63. The van der Waals surface area contributed by atoms with E-state index in [0.29, 0.717) is 5.92 Å². The van der Waals surface area contributed by atoms with E-state index >= 15 is 0 Å². The van der Waals surface area contributed by atoms with Gasteiger partial charge in [-0.3, -0.25) is 9.69 Å². The highest BCUT2D eigenvalue weighted by Crippen LogP contribution is 2.46. The van der Waals surface area contributed by atoms with Gasteiger partial charge in [0.15, 0.2) is 0 Å². The fraction of sp³-hybridized carbons (Fsp3) is 0.417. The molecule has 2 atom stereocenters. The molecule has 4 heterocycles. The molecule has 5 heteroatoms. The molecule has 0 saturated carbocycles. The summed E-state index contributed by atoms with van der Waals surface area (Å²) < 4.78 is 2.09. The second kappa shape index (κ2) is 7.30. The lowest BCUT2D eigenvalue weighted by Gasteiger charge is -2.29. The predicted molar refractivity (Wildman–Crippen MR) is 113 cm³/mol. The standard InChI is InChI=1S/C24H28N4O/c1-19(29)28-14-21-13-26(15-22-16-27-12-6-5-9-23(27)25-22)17-24(21,18-28)11-10-20-7-3-2-4-8-20/h2-9,12,16,21H,10-11,13-15,17-18H2,1H3. The fourth-order valence-corrected chi connectivity index (χ4v) is 5.34. The Balaban J connectivity index is 1.33. The second-order valence-electron chi connectivity index (χ2n) is 8.81. The molecule has 1 amide bonds. The molecule has 2 aliphatic heterocycles. The van der Waals surface area contributed by atoms with Crippen LogP contribution < -0.4 is 0 Å². The molecule has 5 nitrogen and oxygen atoms in total. The molecule has 2 unspecified atom stereocenters. The van der Waals surface area contributed by atoms with Crippen LogP contribution in [-0.2, 0) is 17.8 Å². The number of pyridine rings is 1. The molecule has 1 aromatic carbocycles. The third-order valence-electron chi connectivity index (χ3n) is 6.83. The van der Waals surface area contributed by atoms with E-state index in [0.717, 1.165) is 56.9 Å². The molecule has 0 radical (unpaired) electrons. The molecule has 0 bridgehead atoms. The Labute approximate surface area is 172 Å². The highest BCUT2D eigenvalue weighted by atomic mass is 16.2. The van der Waals surface area contributed by atoms with Crippen LogP contribution in [0, 0.1) is 11.3 Å². The van der Waals surface area contributed by atoms with Crippen molar-refractivity contribution in [1.82, 2.24) is 19.2 Å². The van der Waals surface area contributed by atoms with Gasteiger partial charge in [0.25, 0.3) is 0 Å². The lowest BCUT2D eigenvalue weighted by molar-refractivity contribution is -0.128. The number of nitrogens with zero attached hydrogens (tertiary/aromatic N) is 4. The van der Waals surface area contributed by atoms with E-state index in [1.54, 1.807) is 6.92 Å². The van der Waals surface area contributed by atoms with E-state index in [1.165, 1.54) is 5.56 Å². The summed E-state index contributed by atoms with van der Waals surface area (Å²) in [5.41, 5.74) is 3.71. The molecule has 2 aromatic heterocycles. The number of hydrogen-bond donors (Lipinski definition) is 0. The summed E-state index contributed by atoms with van der Waals surface area (Å²) in [5.74, 6) is 0.762. The SMILES string of the molecule is CC(=O)N1CC2CN(Cc3cn4ccccc4n3)CC2(CCc2ccccc2)C1. The molecule has 150 valence electrons. The van der Waals surface area contributed by atoms with Crippen LogP contribution in [0.4, 0.5) is 0 Å². The van der Waals surface area contributed by atoms with Crippen LogP contribution >= 0.6 is 0 Å². The molecular formula is C24H28N4O. The van der Waals surface area contributed by atoms with Gasteiger partial charge in [0.1, 0.15) is 5.65 Å². The van der Waals surface area contributed by atoms with E-state index in [-0.39, 0.29) is 11.3 Å². The zero-order valence-electron chi connectivity index (χ0n) is 17.0. The van der Waals surface area contributed by atoms with Gasteiger partial charge < -0.3 is 9.30 Å². The molecule has 3 aromatic rings. The number of aryl methyl sites for hydroxylation is 1. The lowest BCUT2D eigenvalue weighted by atomic mass is 9.76. The van der Waals surface area contributed by atoms with Crippen LogP contribution in [0.5, 0.6) is 0 Å². The quantitative estimate of drug-likeness (QED) is 0.674. The zero-order chi connectivity index (χ0) is 19.8. The molecule has 2 aliphatic rings. The van der Waals surface area contributed by atoms with Crippen molar-refractivity contribution in [3.05, 3.63) is 72.2 Å². The van der Waals surface area contributed by atoms with Crippen LogP contribution in [0.25, 0.3) is 5.65 Å². The summed E-state index contributed by atoms with van der Waals surface area (Å²) in [4.78, 5) is 21.5. The normalized spacial score (nSPS) is 24.3. The average Bonchev–Trinajstić information content (AvgIpc) is 3.37. The smallest absolute Gasteiger partial charge is 0.219 e. The molecule has 0 spiro atoms. The summed E-state index contributed by atoms with van der Waals surface area (Å²) in [6, 6.07) is 16.9. The molecule has 29 heavy (non-hydrogen) atoms. The van der Waals surface area contributed by atoms with E-state index in [1.807, 2.05) is 18.2 Å². The van der Waals surface area contributed by atoms with Crippen molar-refractivity contribution >= 4 is 11.6 Å². The van der Waals surface area contributed by atoms with Crippen LogP contribution in [0.1, 0.15) is 24.6 Å². The summed E-state index contributed by atoms with van der Waals surface area (Å²) in [6.07, 6.45) is 6.40. The van der Waals surface area contributed by atoms with Crippen LogP contribution in [-0.4, -0.2) is 51.3 Å². The first kappa shape index (κ1) is 18.4. The van der Waals surface area contributed by atoms with Gasteiger partial charge in [-0.1, -0.05) is 36.4 Å². The number of carbonyl (C=O) groups excluding carboxylic acids is 1. The number of rotatable bonds is 5. The van der Waals surface area contributed by atoms with Gasteiger partial charge >= 0.3 is 0 Å². The summed E-state index contributed by atoms with van der Waals surface area (Å²) in [5, 5.41) is 0. The Bertz CT molecular complexity index is 981. The van der Waals surface area contributed by atoms with Crippen molar-refractivity contribution < 1.29 is 4.79 Å². The topological polar surface area (TPSA) is 40.9 Å². The highest BCUT2D eigenvalue weighted by molar-refractivity contribution is 5.73. The number of amides is 1. The third kappa shape index (κ3) is 3.55. The van der Waals surface area contributed by atoms with E-state index in [9.17, 15) is 4.79 Å². The van der Waals surface area contributed by atoms with E-state index < -0.39 is 0 Å². The maximum atomic E-state index is 12.1. The number of fused-ring (bicyclic) bond motifs is 2. The van der Waals surface area contributed by atoms with Crippen LogP contribution in [0.2, 0.25) is 0 Å². The fourth-order valence-electron chi connectivity index (χ4n) is 5.34. The minimum Gasteiger partial charge on any atom is -0.342 e. The molecule has 0 aliphatic carbocycles. The summed E-state index contributed by atoms with van der Waals surface area (Å²) >= 11 is 0. The Morgan fingerprint density at radius 2 is 1.93 bits per heavy atom. The third-order valence-corrected chi connectivity index (χ3v) is 6.83. The predicted octanol–water partition coefficient (Wildman–Crippen LogP) is 3.25. The molecule has 0 N–H and O–H groups in total. The largest absolute Gasteiger partial charge is 0.342 e. The number of hydrogen-bond acceptors (Lipinski definition) is 3. The molecule has 5 rings (SSSR count). The molecular weight excluding hydrogens is 360 g/mol. The van der Waals surface area contributed by atoms with E-state index in [4.69, 9.17) is 4.98 Å². The average molecular weight is 389 g/mol. The van der Waals surface area contributed by atoms with Crippen molar-refractivity contribution in [3.63, 3.8) is 0 Å². The Hall–Kier alpha value is -2.66. The second-order valence-corrected chi connectivity index (χ2v) is 8.81. The Morgan fingerprint density at radius 3 is 2.72 bits per heavy atom. The Morgan fingerprint density at radius 1 is 1.10 bits per heavy atom. The first-order valence-corrected chi connectivity index (χ1v) is 10.6. The van der Waals surface area contributed by atoms with E-state index in [2.05, 4.69) is 56.9 Å². The van der Waals surface area contributed by atoms with Crippen LogP contribution in [0.3, 0.4) is 0 Å². The van der Waals surface area contributed by atoms with Crippen molar-refractivity contribution in [2.75, 3.05) is 26.2 Å². The van der Waals surface area contributed by atoms with Gasteiger partial charge in [0.2, 0.25) is 5.91 Å². The van der Waals surface area contributed by atoms with Crippen molar-refractivity contribution in [2.24, 2.45) is 11.3 Å². The van der Waals surface area contributed by atoms with Crippen LogP contribution in [0.15, 0.2) is 60.9 Å². The number of likely N-dealkylation sites (tertiary alicyclic amines) is 2. The van der Waals surface area contributed by atoms with Crippen molar-refractivity contribution in [3.8, 4) is 0 Å². The number of carbonyl (C=O) groups is 1. The number of aromatic nitrogens is 2. The van der Waals surface area contributed by atoms with Gasteiger partial charge in [-0.05, 0) is 36.5 Å². The zero-order valence-corrected chi connectivity index (χ0v) is 17.0. The maximum absolute atomic E-state index is 12.1. The van der Waals surface area contributed by atoms with Crippen molar-refractivity contribution in [1.29, 1.82) is 0 Å². The molecule has 2 fully saturated rings.